The fourth-order valence-corrected chi connectivity index (χ4v) is 5.94. The van der Waals surface area contributed by atoms with E-state index < -0.39 is 10.2 Å². The summed E-state index contributed by atoms with van der Waals surface area (Å²) in [6, 6.07) is 0. The smallest absolute Gasteiger partial charge is 0.281 e. The molecule has 128 valence electrons. The van der Waals surface area contributed by atoms with Crippen LogP contribution in [0.25, 0.3) is 0 Å². The lowest BCUT2D eigenvalue weighted by Gasteiger charge is -2.34. The molecule has 3 heterocycles. The van der Waals surface area contributed by atoms with Crippen molar-refractivity contribution < 1.29 is 8.42 Å². The van der Waals surface area contributed by atoms with E-state index in [4.69, 9.17) is 0 Å². The zero-order chi connectivity index (χ0) is 15.7. The largest absolute Gasteiger partial charge is 0.306 e. The molecule has 22 heavy (non-hydrogen) atoms. The second kappa shape index (κ2) is 6.75. The molecule has 3 aliphatic rings. The molecule has 0 N–H and O–H groups in total. The van der Waals surface area contributed by atoms with Crippen LogP contribution in [0.4, 0.5) is 0 Å². The highest BCUT2D eigenvalue weighted by Gasteiger charge is 2.39. The normalized spacial score (nSPS) is 31.8. The summed E-state index contributed by atoms with van der Waals surface area (Å²) in [7, 11) is -1.03. The van der Waals surface area contributed by atoms with E-state index in [1.54, 1.807) is 8.61 Å². The number of nitrogens with zero attached hydrogens (tertiary/aromatic N) is 3. The van der Waals surface area contributed by atoms with E-state index in [-0.39, 0.29) is 0 Å². The van der Waals surface area contributed by atoms with Gasteiger partial charge in [0.15, 0.2) is 0 Å². The Kier molecular flexibility index (Phi) is 5.12. The molecular formula is C16H31N3O2S. The topological polar surface area (TPSA) is 43.9 Å². The lowest BCUT2D eigenvalue weighted by Crippen LogP contribution is -2.46. The van der Waals surface area contributed by atoms with E-state index in [2.05, 4.69) is 18.9 Å². The van der Waals surface area contributed by atoms with Crippen LogP contribution in [0, 0.1) is 17.8 Å². The molecule has 1 unspecified atom stereocenters. The average molecular weight is 330 g/mol. The Balaban J connectivity index is 1.57. The van der Waals surface area contributed by atoms with Crippen LogP contribution in [0.1, 0.15) is 39.0 Å². The minimum atomic E-state index is -3.21. The Morgan fingerprint density at radius 2 is 1.32 bits per heavy atom. The van der Waals surface area contributed by atoms with Gasteiger partial charge in [0.05, 0.1) is 0 Å². The van der Waals surface area contributed by atoms with Gasteiger partial charge in [0, 0.05) is 26.2 Å². The van der Waals surface area contributed by atoms with Crippen molar-refractivity contribution >= 4 is 10.2 Å². The first-order chi connectivity index (χ1) is 10.5. The fraction of sp³-hybridized carbons (Fsp3) is 1.00. The van der Waals surface area contributed by atoms with Crippen molar-refractivity contribution in [3.63, 3.8) is 0 Å². The highest BCUT2D eigenvalue weighted by Crippen LogP contribution is 2.33. The van der Waals surface area contributed by atoms with Gasteiger partial charge in [-0.2, -0.15) is 17.0 Å². The molecular weight excluding hydrogens is 298 g/mol. The van der Waals surface area contributed by atoms with Gasteiger partial charge < -0.3 is 4.90 Å². The van der Waals surface area contributed by atoms with E-state index in [0.29, 0.717) is 24.9 Å². The molecule has 3 aliphatic heterocycles. The van der Waals surface area contributed by atoms with Crippen LogP contribution in [0.3, 0.4) is 0 Å². The standard InChI is InChI=1S/C16H31N3O2S/c1-14-3-10-18(11-4-14)22(20,21)19-12-7-16(13-19)15-5-8-17(2)9-6-15/h14-16H,3-13H2,1-2H3. The van der Waals surface area contributed by atoms with Crippen molar-refractivity contribution in [2.75, 3.05) is 46.3 Å². The molecule has 3 fully saturated rings. The molecule has 0 aromatic carbocycles. The van der Waals surface area contributed by atoms with Crippen LogP contribution in [0.2, 0.25) is 0 Å². The average Bonchev–Trinajstić information content (AvgIpc) is 2.99. The third-order valence-electron chi connectivity index (χ3n) is 6.01. The van der Waals surface area contributed by atoms with E-state index in [1.807, 2.05) is 0 Å². The summed E-state index contributed by atoms with van der Waals surface area (Å²) in [5.41, 5.74) is 0. The van der Waals surface area contributed by atoms with Gasteiger partial charge in [-0.25, -0.2) is 0 Å². The van der Waals surface area contributed by atoms with Crippen LogP contribution in [-0.4, -0.2) is 68.2 Å². The maximum Gasteiger partial charge on any atom is 0.281 e. The van der Waals surface area contributed by atoms with Gasteiger partial charge in [0.2, 0.25) is 0 Å². The van der Waals surface area contributed by atoms with E-state index >= 15 is 0 Å². The molecule has 0 bridgehead atoms. The quantitative estimate of drug-likeness (QED) is 0.790. The van der Waals surface area contributed by atoms with Crippen molar-refractivity contribution in [2.24, 2.45) is 17.8 Å². The van der Waals surface area contributed by atoms with Crippen LogP contribution in [0.15, 0.2) is 0 Å². The Morgan fingerprint density at radius 3 is 1.95 bits per heavy atom. The van der Waals surface area contributed by atoms with Gasteiger partial charge in [-0.15, -0.1) is 0 Å². The molecule has 0 aliphatic carbocycles. The van der Waals surface area contributed by atoms with Crippen molar-refractivity contribution in [3.8, 4) is 0 Å². The first-order valence-electron chi connectivity index (χ1n) is 8.90. The Morgan fingerprint density at radius 1 is 0.773 bits per heavy atom. The molecule has 0 aromatic heterocycles. The number of hydrogen-bond acceptors (Lipinski definition) is 3. The van der Waals surface area contributed by atoms with Gasteiger partial charge in [0.25, 0.3) is 10.2 Å². The Bertz CT molecular complexity index is 466. The summed E-state index contributed by atoms with van der Waals surface area (Å²) in [4.78, 5) is 2.38. The fourth-order valence-electron chi connectivity index (χ4n) is 4.23. The first-order valence-corrected chi connectivity index (χ1v) is 10.3. The number of rotatable bonds is 3. The molecule has 0 saturated carbocycles. The predicted octanol–water partition coefficient (Wildman–Crippen LogP) is 1.63. The lowest BCUT2D eigenvalue weighted by atomic mass is 9.84. The molecule has 5 nitrogen and oxygen atoms in total. The number of hydrogen-bond donors (Lipinski definition) is 0. The summed E-state index contributed by atoms with van der Waals surface area (Å²) in [6.45, 7) is 7.44. The van der Waals surface area contributed by atoms with E-state index in [1.165, 1.54) is 12.8 Å². The predicted molar refractivity (Wildman–Crippen MR) is 88.8 cm³/mol. The minimum absolute atomic E-state index is 0.576. The van der Waals surface area contributed by atoms with Crippen LogP contribution in [-0.2, 0) is 10.2 Å². The van der Waals surface area contributed by atoms with Crippen LogP contribution in [0.5, 0.6) is 0 Å². The SMILES string of the molecule is CC1CCN(S(=O)(=O)N2CCC(C3CCN(C)CC3)C2)CC1. The highest BCUT2D eigenvalue weighted by molar-refractivity contribution is 7.86. The lowest BCUT2D eigenvalue weighted by molar-refractivity contribution is 0.174. The second-order valence-electron chi connectivity index (χ2n) is 7.64. The summed E-state index contributed by atoms with van der Waals surface area (Å²) in [6.07, 6.45) is 5.53. The minimum Gasteiger partial charge on any atom is -0.306 e. The third-order valence-corrected chi connectivity index (χ3v) is 8.01. The van der Waals surface area contributed by atoms with Crippen LogP contribution < -0.4 is 0 Å². The summed E-state index contributed by atoms with van der Waals surface area (Å²) in [5.74, 6) is 1.96. The van der Waals surface area contributed by atoms with Crippen LogP contribution >= 0.6 is 0 Å². The highest BCUT2D eigenvalue weighted by atomic mass is 32.2. The maximum atomic E-state index is 12.8. The molecule has 0 aromatic rings. The van der Waals surface area contributed by atoms with E-state index in [9.17, 15) is 8.42 Å². The number of piperidine rings is 2. The van der Waals surface area contributed by atoms with Gasteiger partial charge in [-0.05, 0) is 70.0 Å². The number of likely N-dealkylation sites (tertiary alicyclic amines) is 1. The molecule has 0 spiro atoms. The molecule has 3 saturated heterocycles. The summed E-state index contributed by atoms with van der Waals surface area (Å²) >= 11 is 0. The zero-order valence-electron chi connectivity index (χ0n) is 14.1. The molecule has 0 amide bonds. The molecule has 3 rings (SSSR count). The Hall–Kier alpha value is -0.170. The van der Waals surface area contributed by atoms with Gasteiger partial charge in [0.1, 0.15) is 0 Å². The molecule has 1 atom stereocenters. The van der Waals surface area contributed by atoms with E-state index in [0.717, 1.165) is 51.4 Å². The van der Waals surface area contributed by atoms with Crippen molar-refractivity contribution in [3.05, 3.63) is 0 Å². The third kappa shape index (κ3) is 3.50. The Labute approximate surface area is 135 Å². The van der Waals surface area contributed by atoms with Gasteiger partial charge in [-0.3, -0.25) is 0 Å². The second-order valence-corrected chi connectivity index (χ2v) is 9.57. The van der Waals surface area contributed by atoms with Crippen molar-refractivity contribution in [2.45, 2.75) is 39.0 Å². The maximum absolute atomic E-state index is 12.8. The van der Waals surface area contributed by atoms with Gasteiger partial charge in [-0.1, -0.05) is 6.92 Å². The zero-order valence-corrected chi connectivity index (χ0v) is 14.9. The van der Waals surface area contributed by atoms with Crippen molar-refractivity contribution in [1.82, 2.24) is 13.5 Å². The monoisotopic (exact) mass is 329 g/mol. The molecule has 6 heteroatoms. The van der Waals surface area contributed by atoms with Gasteiger partial charge >= 0.3 is 0 Å². The summed E-state index contributed by atoms with van der Waals surface area (Å²) in [5, 5.41) is 0. The first kappa shape index (κ1) is 16.7. The van der Waals surface area contributed by atoms with Crippen molar-refractivity contribution in [1.29, 1.82) is 0 Å². The summed E-state index contributed by atoms with van der Waals surface area (Å²) < 4.78 is 29.1. The molecule has 0 radical (unpaired) electrons.